The van der Waals surface area contributed by atoms with Gasteiger partial charge in [0.1, 0.15) is 0 Å². The van der Waals surface area contributed by atoms with Crippen LogP contribution in [0.4, 0.5) is 5.69 Å². The molecule has 1 fully saturated rings. The maximum absolute atomic E-state index is 12.6. The molecule has 0 unspecified atom stereocenters. The lowest BCUT2D eigenvalue weighted by atomic mass is 10.1. The van der Waals surface area contributed by atoms with Crippen LogP contribution in [0.15, 0.2) is 29.4 Å². The molecule has 126 valence electrons. The fraction of sp³-hybridized carbons (Fsp3) is 0.500. The third-order valence-electron chi connectivity index (χ3n) is 4.49. The molecule has 1 aromatic carbocycles. The van der Waals surface area contributed by atoms with E-state index in [2.05, 4.69) is 26.9 Å². The number of ether oxygens (including phenoxy) is 1. The molecule has 1 aromatic heterocycles. The summed E-state index contributed by atoms with van der Waals surface area (Å²) in [7, 11) is 0. The number of hydrogen-bond donors (Lipinski definition) is 1. The maximum atomic E-state index is 12.6. The van der Waals surface area contributed by atoms with Crippen LogP contribution < -0.4 is 5.32 Å². The maximum Gasteiger partial charge on any atom is 0.237 e. The van der Waals surface area contributed by atoms with Crippen LogP contribution in [0.25, 0.3) is 0 Å². The summed E-state index contributed by atoms with van der Waals surface area (Å²) in [6.45, 7) is 1.46. The molecular weight excluding hydrogens is 326 g/mol. The predicted octanol–water partition coefficient (Wildman–Crippen LogP) is 2.07. The summed E-state index contributed by atoms with van der Waals surface area (Å²) in [5.74, 6) is 0.0199. The van der Waals surface area contributed by atoms with Crippen LogP contribution in [-0.2, 0) is 16.0 Å². The van der Waals surface area contributed by atoms with Gasteiger partial charge in [0.25, 0.3) is 0 Å². The number of carbonyl (C=O) groups is 1. The lowest BCUT2D eigenvalue weighted by Crippen LogP contribution is -2.25. The Morgan fingerprint density at radius 3 is 2.92 bits per heavy atom. The first-order chi connectivity index (χ1) is 11.8. The summed E-state index contributed by atoms with van der Waals surface area (Å²) >= 11 is 1.46. The molecule has 2 aliphatic rings. The summed E-state index contributed by atoms with van der Waals surface area (Å²) in [4.78, 5) is 12.6. The molecule has 1 N–H and O–H groups in total. The first-order valence-electron chi connectivity index (χ1n) is 8.22. The number of nitrogens with zero attached hydrogens (tertiary/aromatic N) is 4. The molecule has 2 aromatic rings. The van der Waals surface area contributed by atoms with Gasteiger partial charge in [-0.05, 0) is 47.7 Å². The van der Waals surface area contributed by atoms with Crippen molar-refractivity contribution in [1.29, 1.82) is 0 Å². The first kappa shape index (κ1) is 15.6. The lowest BCUT2D eigenvalue weighted by molar-refractivity contribution is -0.115. The quantitative estimate of drug-likeness (QED) is 0.917. The van der Waals surface area contributed by atoms with Gasteiger partial charge < -0.3 is 10.1 Å². The molecule has 0 saturated carbocycles. The molecule has 1 saturated heterocycles. The second kappa shape index (κ2) is 6.90. The molecule has 7 nitrogen and oxygen atoms in total. The largest absolute Gasteiger partial charge is 0.381 e. The number of anilines is 1. The summed E-state index contributed by atoms with van der Waals surface area (Å²) in [6.07, 6.45) is 3.45. The molecule has 0 radical (unpaired) electrons. The van der Waals surface area contributed by atoms with Gasteiger partial charge in [-0.1, -0.05) is 30.0 Å². The minimum Gasteiger partial charge on any atom is -0.381 e. The van der Waals surface area contributed by atoms with Crippen LogP contribution >= 0.6 is 11.8 Å². The van der Waals surface area contributed by atoms with Crippen molar-refractivity contribution in [2.24, 2.45) is 0 Å². The zero-order valence-electron chi connectivity index (χ0n) is 13.2. The molecule has 4 rings (SSSR count). The number of thioether (sulfide) groups is 1. The Balaban J connectivity index is 1.50. The Kier molecular flexibility index (Phi) is 4.48. The second-order valence-corrected chi connectivity index (χ2v) is 7.21. The molecule has 24 heavy (non-hydrogen) atoms. The van der Waals surface area contributed by atoms with Gasteiger partial charge in [-0.3, -0.25) is 4.79 Å². The molecule has 2 aliphatic heterocycles. The summed E-state index contributed by atoms with van der Waals surface area (Å²) in [5, 5.41) is 15.7. The van der Waals surface area contributed by atoms with E-state index in [9.17, 15) is 4.79 Å². The molecule has 1 atom stereocenters. The van der Waals surface area contributed by atoms with E-state index in [1.165, 1.54) is 17.3 Å². The predicted molar refractivity (Wildman–Crippen MR) is 89.9 cm³/mol. The van der Waals surface area contributed by atoms with Gasteiger partial charge in [-0.25, -0.2) is 4.68 Å². The minimum atomic E-state index is -0.193. The smallest absolute Gasteiger partial charge is 0.237 e. The van der Waals surface area contributed by atoms with Crippen molar-refractivity contribution in [3.63, 3.8) is 0 Å². The van der Waals surface area contributed by atoms with Crippen molar-refractivity contribution in [2.45, 2.75) is 42.1 Å². The van der Waals surface area contributed by atoms with E-state index in [4.69, 9.17) is 4.74 Å². The summed E-state index contributed by atoms with van der Waals surface area (Å²) in [6, 6.07) is 8.21. The standard InChI is InChI=1S/C16H19N5O2S/c22-15-14(6-5-11-3-1-2-4-13(11)17-15)24-16-18-19-20-21(16)12-7-9-23-10-8-12/h1-4,12,14H,5-10H2,(H,17,22)/t14-/m0/s1. The van der Waals surface area contributed by atoms with Gasteiger partial charge in [-0.15, -0.1) is 5.10 Å². The Morgan fingerprint density at radius 2 is 2.04 bits per heavy atom. The average Bonchev–Trinajstić information content (AvgIpc) is 3.02. The monoisotopic (exact) mass is 345 g/mol. The SMILES string of the molecule is O=C1Nc2ccccc2CC[C@@H]1Sc1nnnn1C1CCOCC1. The number of fused-ring (bicyclic) bond motifs is 1. The Labute approximate surface area is 144 Å². The highest BCUT2D eigenvalue weighted by Crippen LogP contribution is 2.32. The number of rotatable bonds is 3. The van der Waals surface area contributed by atoms with Crippen molar-refractivity contribution in [1.82, 2.24) is 20.2 Å². The highest BCUT2D eigenvalue weighted by Gasteiger charge is 2.28. The van der Waals surface area contributed by atoms with Gasteiger partial charge in [0.15, 0.2) is 0 Å². The molecule has 0 spiro atoms. The van der Waals surface area contributed by atoms with E-state index in [-0.39, 0.29) is 17.2 Å². The average molecular weight is 345 g/mol. The van der Waals surface area contributed by atoms with Crippen LogP contribution in [0.3, 0.4) is 0 Å². The Morgan fingerprint density at radius 1 is 1.21 bits per heavy atom. The number of carbonyl (C=O) groups excluding carboxylic acids is 1. The van der Waals surface area contributed by atoms with Crippen LogP contribution in [0.5, 0.6) is 0 Å². The minimum absolute atomic E-state index is 0.0199. The number of amides is 1. The van der Waals surface area contributed by atoms with Crippen LogP contribution in [0.2, 0.25) is 0 Å². The van der Waals surface area contributed by atoms with E-state index in [0.29, 0.717) is 5.16 Å². The third kappa shape index (κ3) is 3.16. The molecule has 1 amide bonds. The van der Waals surface area contributed by atoms with Gasteiger partial charge >= 0.3 is 0 Å². The molecular formula is C16H19N5O2S. The zero-order valence-corrected chi connectivity index (χ0v) is 14.0. The van der Waals surface area contributed by atoms with E-state index < -0.39 is 0 Å². The number of hydrogen-bond acceptors (Lipinski definition) is 6. The van der Waals surface area contributed by atoms with Crippen LogP contribution in [0.1, 0.15) is 30.9 Å². The van der Waals surface area contributed by atoms with Crippen molar-refractivity contribution in [3.8, 4) is 0 Å². The number of aromatic nitrogens is 4. The number of benzene rings is 1. The van der Waals surface area contributed by atoms with Crippen molar-refractivity contribution in [2.75, 3.05) is 18.5 Å². The normalized spacial score (nSPS) is 21.8. The van der Waals surface area contributed by atoms with Gasteiger partial charge in [0.05, 0.1) is 11.3 Å². The number of para-hydroxylation sites is 1. The van der Waals surface area contributed by atoms with E-state index in [0.717, 1.165) is 44.6 Å². The first-order valence-corrected chi connectivity index (χ1v) is 9.10. The van der Waals surface area contributed by atoms with E-state index >= 15 is 0 Å². The molecule has 0 aliphatic carbocycles. The number of tetrazole rings is 1. The van der Waals surface area contributed by atoms with Crippen molar-refractivity contribution < 1.29 is 9.53 Å². The summed E-state index contributed by atoms with van der Waals surface area (Å²) < 4.78 is 7.26. The highest BCUT2D eigenvalue weighted by atomic mass is 32.2. The lowest BCUT2D eigenvalue weighted by Gasteiger charge is -2.23. The number of aryl methyl sites for hydroxylation is 1. The molecule has 3 heterocycles. The Hall–Kier alpha value is -1.93. The second-order valence-electron chi connectivity index (χ2n) is 6.04. The Bertz CT molecular complexity index is 729. The van der Waals surface area contributed by atoms with Gasteiger partial charge in [0, 0.05) is 18.9 Å². The van der Waals surface area contributed by atoms with Crippen molar-refractivity contribution in [3.05, 3.63) is 29.8 Å². The van der Waals surface area contributed by atoms with Crippen molar-refractivity contribution >= 4 is 23.4 Å². The van der Waals surface area contributed by atoms with E-state index in [1.54, 1.807) is 0 Å². The molecule has 8 heteroatoms. The van der Waals surface area contributed by atoms with Gasteiger partial charge in [0.2, 0.25) is 11.1 Å². The van der Waals surface area contributed by atoms with Crippen LogP contribution in [-0.4, -0.2) is 44.6 Å². The number of nitrogens with one attached hydrogen (secondary N) is 1. The zero-order chi connectivity index (χ0) is 16.4. The fourth-order valence-corrected chi connectivity index (χ4v) is 4.19. The van der Waals surface area contributed by atoms with E-state index in [1.807, 2.05) is 22.9 Å². The third-order valence-corrected chi connectivity index (χ3v) is 5.70. The summed E-state index contributed by atoms with van der Waals surface area (Å²) in [5.41, 5.74) is 2.09. The topological polar surface area (TPSA) is 81.9 Å². The highest BCUT2D eigenvalue weighted by molar-refractivity contribution is 8.00. The van der Waals surface area contributed by atoms with Crippen LogP contribution in [0, 0.1) is 0 Å². The van der Waals surface area contributed by atoms with Gasteiger partial charge in [-0.2, -0.15) is 0 Å². The fourth-order valence-electron chi connectivity index (χ4n) is 3.15. The molecule has 0 bridgehead atoms.